The van der Waals surface area contributed by atoms with Crippen LogP contribution >= 0.6 is 23.4 Å². The highest BCUT2D eigenvalue weighted by Gasteiger charge is 2.32. The van der Waals surface area contributed by atoms with Crippen LogP contribution in [0.2, 0.25) is 5.02 Å². The molecule has 4 rings (SSSR count). The van der Waals surface area contributed by atoms with Crippen molar-refractivity contribution in [1.29, 1.82) is 0 Å². The number of rotatable bonds is 8. The van der Waals surface area contributed by atoms with Gasteiger partial charge in [0.25, 0.3) is 0 Å². The number of nitrogens with zero attached hydrogens (tertiary/aromatic N) is 2. The number of halogens is 1. The fraction of sp³-hybridized carbons (Fsp3) is 0.120. The zero-order valence-electron chi connectivity index (χ0n) is 18.0. The first-order valence-electron chi connectivity index (χ1n) is 10.5. The second-order valence-electron chi connectivity index (χ2n) is 7.35. The average molecular weight is 493 g/mol. The fourth-order valence-corrected chi connectivity index (χ4v) is 4.12. The maximum atomic E-state index is 12.2. The molecule has 2 amide bonds. The Balaban J connectivity index is 1.29. The Bertz CT molecular complexity index is 1220. The van der Waals surface area contributed by atoms with Crippen LogP contribution in [0, 0.1) is 0 Å². The molecule has 0 saturated carbocycles. The van der Waals surface area contributed by atoms with Crippen molar-refractivity contribution < 1.29 is 14.3 Å². The number of nitrogens with one attached hydrogen (secondary N) is 2. The van der Waals surface area contributed by atoms with Gasteiger partial charge < -0.3 is 15.4 Å². The van der Waals surface area contributed by atoms with Crippen LogP contribution in [0.25, 0.3) is 0 Å². The molecule has 1 unspecified atom stereocenters. The molecule has 172 valence electrons. The number of carbonyl (C=O) groups is 2. The number of hydrogen-bond donors (Lipinski definition) is 2. The lowest BCUT2D eigenvalue weighted by Gasteiger charge is -2.07. The van der Waals surface area contributed by atoms with E-state index in [1.54, 1.807) is 18.3 Å². The Morgan fingerprint density at radius 3 is 2.68 bits per heavy atom. The number of ether oxygens (including phenoxy) is 1. The molecule has 7 nitrogen and oxygen atoms in total. The van der Waals surface area contributed by atoms with Crippen LogP contribution in [0.1, 0.15) is 17.5 Å². The molecule has 1 heterocycles. The molecule has 3 aromatic carbocycles. The highest BCUT2D eigenvalue weighted by molar-refractivity contribution is 8.15. The number of anilines is 1. The van der Waals surface area contributed by atoms with E-state index in [4.69, 9.17) is 16.3 Å². The Kier molecular flexibility index (Phi) is 7.95. The molecule has 1 aliphatic heterocycles. The van der Waals surface area contributed by atoms with Crippen molar-refractivity contribution in [2.45, 2.75) is 18.3 Å². The summed E-state index contributed by atoms with van der Waals surface area (Å²) in [5.74, 6) is 0.193. The first kappa shape index (κ1) is 23.5. The molecule has 2 N–H and O–H groups in total. The summed E-state index contributed by atoms with van der Waals surface area (Å²) in [6.07, 6.45) is 1.62. The van der Waals surface area contributed by atoms with E-state index in [1.807, 2.05) is 66.7 Å². The monoisotopic (exact) mass is 492 g/mol. The fourth-order valence-electron chi connectivity index (χ4n) is 3.07. The van der Waals surface area contributed by atoms with Gasteiger partial charge in [-0.25, -0.2) is 0 Å². The zero-order chi connectivity index (χ0) is 23.8. The van der Waals surface area contributed by atoms with Crippen molar-refractivity contribution in [2.24, 2.45) is 10.2 Å². The Morgan fingerprint density at radius 2 is 1.88 bits per heavy atom. The van der Waals surface area contributed by atoms with E-state index >= 15 is 0 Å². The van der Waals surface area contributed by atoms with E-state index in [9.17, 15) is 9.59 Å². The van der Waals surface area contributed by atoms with Gasteiger partial charge in [-0.05, 0) is 47.5 Å². The lowest BCUT2D eigenvalue weighted by molar-refractivity contribution is -0.122. The van der Waals surface area contributed by atoms with Gasteiger partial charge in [-0.3, -0.25) is 9.59 Å². The summed E-state index contributed by atoms with van der Waals surface area (Å²) in [4.78, 5) is 24.4. The largest absolute Gasteiger partial charge is 0.489 e. The van der Waals surface area contributed by atoms with Gasteiger partial charge in [0.2, 0.25) is 11.8 Å². The molecule has 0 bridgehead atoms. The quantitative estimate of drug-likeness (QED) is 0.346. The normalized spacial score (nSPS) is 16.6. The van der Waals surface area contributed by atoms with E-state index in [1.165, 1.54) is 11.8 Å². The maximum absolute atomic E-state index is 12.2. The second kappa shape index (κ2) is 11.5. The summed E-state index contributed by atoms with van der Waals surface area (Å²) in [6, 6.07) is 24.0. The minimum atomic E-state index is -0.553. The molecule has 1 atom stereocenters. The number of hydrogen-bond acceptors (Lipinski definition) is 6. The zero-order valence-corrected chi connectivity index (χ0v) is 19.6. The van der Waals surface area contributed by atoms with Crippen molar-refractivity contribution in [3.63, 3.8) is 0 Å². The van der Waals surface area contributed by atoms with Crippen molar-refractivity contribution in [3.8, 4) is 5.75 Å². The van der Waals surface area contributed by atoms with Crippen LogP contribution < -0.4 is 15.4 Å². The molecular weight excluding hydrogens is 472 g/mol. The summed E-state index contributed by atoms with van der Waals surface area (Å²) in [5, 5.41) is 14.1. The molecule has 0 aliphatic carbocycles. The van der Waals surface area contributed by atoms with Gasteiger partial charge in [0.05, 0.1) is 6.21 Å². The number of amides is 2. The molecule has 1 fully saturated rings. The van der Waals surface area contributed by atoms with Gasteiger partial charge in [0, 0.05) is 17.1 Å². The van der Waals surface area contributed by atoms with Gasteiger partial charge in [-0.1, -0.05) is 65.8 Å². The van der Waals surface area contributed by atoms with Crippen LogP contribution in [0.3, 0.4) is 0 Å². The SMILES string of the molecule is O=C(CC1S/C(=N/N=C/c2cccc(OCc3ccc(Cl)cc3)c2)NC1=O)Nc1ccccc1. The lowest BCUT2D eigenvalue weighted by Crippen LogP contribution is -2.28. The Hall–Kier alpha value is -3.62. The predicted octanol–water partition coefficient (Wildman–Crippen LogP) is 4.87. The second-order valence-corrected chi connectivity index (χ2v) is 8.98. The van der Waals surface area contributed by atoms with Crippen molar-refractivity contribution in [2.75, 3.05) is 5.32 Å². The van der Waals surface area contributed by atoms with Crippen molar-refractivity contribution in [3.05, 3.63) is 95.0 Å². The van der Waals surface area contributed by atoms with E-state index < -0.39 is 5.25 Å². The first-order valence-corrected chi connectivity index (χ1v) is 11.7. The smallest absolute Gasteiger partial charge is 0.240 e. The number of amidine groups is 1. The van der Waals surface area contributed by atoms with Crippen LogP contribution in [0.15, 0.2) is 89.1 Å². The number of thioether (sulfide) groups is 1. The van der Waals surface area contributed by atoms with E-state index in [2.05, 4.69) is 20.8 Å². The third-order valence-electron chi connectivity index (χ3n) is 4.74. The highest BCUT2D eigenvalue weighted by Crippen LogP contribution is 2.23. The van der Waals surface area contributed by atoms with Gasteiger partial charge in [-0.2, -0.15) is 5.10 Å². The summed E-state index contributed by atoms with van der Waals surface area (Å²) in [7, 11) is 0. The van der Waals surface area contributed by atoms with Crippen LogP contribution in [0.4, 0.5) is 5.69 Å². The van der Waals surface area contributed by atoms with E-state index in [0.29, 0.717) is 28.2 Å². The third kappa shape index (κ3) is 6.94. The number of benzene rings is 3. The van der Waals surface area contributed by atoms with Crippen LogP contribution in [-0.4, -0.2) is 28.4 Å². The lowest BCUT2D eigenvalue weighted by atomic mass is 10.2. The molecule has 3 aromatic rings. The van der Waals surface area contributed by atoms with Crippen molar-refractivity contribution in [1.82, 2.24) is 5.32 Å². The standard InChI is InChI=1S/C25H21ClN4O3S/c26-19-11-9-17(10-12-19)16-33-21-8-4-5-18(13-21)15-27-30-25-29-24(32)22(34-25)14-23(31)28-20-6-2-1-3-7-20/h1-13,15,22H,14,16H2,(H,28,31)(H,29,30,32)/b27-15+. The van der Waals surface area contributed by atoms with Gasteiger partial charge in [0.15, 0.2) is 5.17 Å². The molecule has 1 aliphatic rings. The van der Waals surface area contributed by atoms with Crippen molar-refractivity contribution >= 4 is 52.2 Å². The minimum Gasteiger partial charge on any atom is -0.489 e. The van der Waals surface area contributed by atoms with Gasteiger partial charge >= 0.3 is 0 Å². The predicted molar refractivity (Wildman–Crippen MR) is 136 cm³/mol. The van der Waals surface area contributed by atoms with E-state index in [-0.39, 0.29) is 18.2 Å². The molecule has 0 radical (unpaired) electrons. The van der Waals surface area contributed by atoms with Gasteiger partial charge in [0.1, 0.15) is 17.6 Å². The van der Waals surface area contributed by atoms with Crippen LogP contribution in [-0.2, 0) is 16.2 Å². The Morgan fingerprint density at radius 1 is 1.09 bits per heavy atom. The summed E-state index contributed by atoms with van der Waals surface area (Å²) < 4.78 is 5.82. The third-order valence-corrected chi connectivity index (χ3v) is 6.06. The summed E-state index contributed by atoms with van der Waals surface area (Å²) >= 11 is 7.09. The molecule has 0 aromatic heterocycles. The maximum Gasteiger partial charge on any atom is 0.240 e. The van der Waals surface area contributed by atoms with Crippen LogP contribution in [0.5, 0.6) is 5.75 Å². The Labute approximate surface area is 206 Å². The minimum absolute atomic E-state index is 0.0428. The first-order chi connectivity index (χ1) is 16.5. The summed E-state index contributed by atoms with van der Waals surface area (Å²) in [5.41, 5.74) is 2.50. The number of para-hydroxylation sites is 1. The molecule has 1 saturated heterocycles. The highest BCUT2D eigenvalue weighted by atomic mass is 35.5. The molecule has 9 heteroatoms. The molecule has 34 heavy (non-hydrogen) atoms. The van der Waals surface area contributed by atoms with Gasteiger partial charge in [-0.15, -0.1) is 5.10 Å². The summed E-state index contributed by atoms with van der Waals surface area (Å²) in [6.45, 7) is 0.419. The average Bonchev–Trinajstić information content (AvgIpc) is 3.18. The number of carbonyl (C=O) groups excluding carboxylic acids is 2. The molecule has 0 spiro atoms. The topological polar surface area (TPSA) is 92.2 Å². The van der Waals surface area contributed by atoms with E-state index in [0.717, 1.165) is 11.1 Å². The molecular formula is C25H21ClN4O3S.